The average molecular weight is 291 g/mol. The predicted octanol–water partition coefficient (Wildman–Crippen LogP) is 2.54. The molecule has 0 unspecified atom stereocenters. The number of aryl methyl sites for hydroxylation is 2. The van der Waals surface area contributed by atoms with Crippen LogP contribution in [0.5, 0.6) is 0 Å². The Hall–Kier alpha value is -1.82. The van der Waals surface area contributed by atoms with Crippen LogP contribution in [-0.2, 0) is 9.53 Å². The van der Waals surface area contributed by atoms with E-state index in [1.807, 2.05) is 42.7 Å². The second-order valence-electron chi connectivity index (χ2n) is 4.43. The van der Waals surface area contributed by atoms with Crippen molar-refractivity contribution in [1.82, 2.24) is 14.8 Å². The molecule has 0 saturated heterocycles. The molecule has 20 heavy (non-hydrogen) atoms. The monoisotopic (exact) mass is 291 g/mol. The Kier molecular flexibility index (Phi) is 4.44. The van der Waals surface area contributed by atoms with Gasteiger partial charge in [-0.1, -0.05) is 30.0 Å². The molecule has 0 saturated carbocycles. The van der Waals surface area contributed by atoms with Gasteiger partial charge in [-0.3, -0.25) is 9.36 Å². The number of para-hydroxylation sites is 1. The summed E-state index contributed by atoms with van der Waals surface area (Å²) in [6, 6.07) is 8.01. The lowest BCUT2D eigenvalue weighted by molar-refractivity contribution is -0.139. The molecule has 6 heteroatoms. The average Bonchev–Trinajstić information content (AvgIpc) is 2.79. The fraction of sp³-hybridized carbons (Fsp3) is 0.357. The van der Waals surface area contributed by atoms with Crippen molar-refractivity contribution >= 4 is 17.7 Å². The number of carbonyl (C=O) groups is 1. The molecule has 2 aromatic rings. The lowest BCUT2D eigenvalue weighted by atomic mass is 10.2. The van der Waals surface area contributed by atoms with E-state index in [1.54, 1.807) is 6.92 Å². The maximum atomic E-state index is 11.5. The van der Waals surface area contributed by atoms with E-state index in [-0.39, 0.29) is 11.2 Å². The highest BCUT2D eigenvalue weighted by atomic mass is 32.2. The summed E-state index contributed by atoms with van der Waals surface area (Å²) in [7, 11) is 1.39. The molecule has 0 fully saturated rings. The highest BCUT2D eigenvalue weighted by Gasteiger charge is 2.20. The molecule has 1 atom stereocenters. The Labute approximate surface area is 122 Å². The SMILES string of the molecule is COC(=O)[C@H](C)Sc1nnc(C)n1-c1ccccc1C. The molecule has 0 bridgehead atoms. The van der Waals surface area contributed by atoms with Crippen LogP contribution in [-0.4, -0.2) is 33.1 Å². The largest absolute Gasteiger partial charge is 0.468 e. The van der Waals surface area contributed by atoms with Crippen molar-refractivity contribution < 1.29 is 9.53 Å². The number of hydrogen-bond acceptors (Lipinski definition) is 5. The number of ether oxygens (including phenoxy) is 1. The first kappa shape index (κ1) is 14.6. The summed E-state index contributed by atoms with van der Waals surface area (Å²) in [5.41, 5.74) is 2.15. The molecule has 1 heterocycles. The fourth-order valence-electron chi connectivity index (χ4n) is 1.88. The molecule has 0 spiro atoms. The Balaban J connectivity index is 2.38. The zero-order chi connectivity index (χ0) is 14.7. The first-order valence-electron chi connectivity index (χ1n) is 6.27. The summed E-state index contributed by atoms with van der Waals surface area (Å²) in [6.07, 6.45) is 0. The number of nitrogens with zero attached hydrogens (tertiary/aromatic N) is 3. The first-order valence-corrected chi connectivity index (χ1v) is 7.15. The van der Waals surface area contributed by atoms with Crippen molar-refractivity contribution in [2.24, 2.45) is 0 Å². The Morgan fingerprint density at radius 2 is 2.00 bits per heavy atom. The van der Waals surface area contributed by atoms with Crippen LogP contribution in [0.25, 0.3) is 5.69 Å². The van der Waals surface area contributed by atoms with Crippen molar-refractivity contribution in [2.45, 2.75) is 31.2 Å². The molecule has 0 aliphatic carbocycles. The molecule has 0 aliphatic rings. The molecule has 5 nitrogen and oxygen atoms in total. The van der Waals surface area contributed by atoms with Crippen LogP contribution in [0, 0.1) is 13.8 Å². The van der Waals surface area contributed by atoms with E-state index in [4.69, 9.17) is 4.74 Å². The van der Waals surface area contributed by atoms with Gasteiger partial charge in [-0.05, 0) is 32.4 Å². The number of thioether (sulfide) groups is 1. The number of methoxy groups -OCH3 is 1. The van der Waals surface area contributed by atoms with Crippen molar-refractivity contribution in [2.75, 3.05) is 7.11 Å². The van der Waals surface area contributed by atoms with Gasteiger partial charge in [-0.25, -0.2) is 0 Å². The van der Waals surface area contributed by atoms with E-state index < -0.39 is 0 Å². The number of esters is 1. The quantitative estimate of drug-likeness (QED) is 0.640. The van der Waals surface area contributed by atoms with Gasteiger partial charge in [0, 0.05) is 0 Å². The Morgan fingerprint density at radius 3 is 2.65 bits per heavy atom. The van der Waals surface area contributed by atoms with E-state index in [1.165, 1.54) is 18.9 Å². The second-order valence-corrected chi connectivity index (χ2v) is 5.74. The van der Waals surface area contributed by atoms with Crippen LogP contribution in [0.3, 0.4) is 0 Å². The summed E-state index contributed by atoms with van der Waals surface area (Å²) in [5.74, 6) is 0.519. The lowest BCUT2D eigenvalue weighted by Gasteiger charge is -2.13. The fourth-order valence-corrected chi connectivity index (χ4v) is 2.82. The highest BCUT2D eigenvalue weighted by Crippen LogP contribution is 2.27. The number of benzene rings is 1. The molecule has 0 amide bonds. The maximum absolute atomic E-state index is 11.5. The van der Waals surface area contributed by atoms with Gasteiger partial charge in [-0.15, -0.1) is 10.2 Å². The molecular formula is C14H17N3O2S. The maximum Gasteiger partial charge on any atom is 0.318 e. The lowest BCUT2D eigenvalue weighted by Crippen LogP contribution is -2.15. The van der Waals surface area contributed by atoms with Gasteiger partial charge in [0.25, 0.3) is 0 Å². The number of rotatable bonds is 4. The van der Waals surface area contributed by atoms with Gasteiger partial charge in [0.05, 0.1) is 12.8 Å². The minimum absolute atomic E-state index is 0.271. The van der Waals surface area contributed by atoms with Crippen molar-refractivity contribution in [3.8, 4) is 5.69 Å². The summed E-state index contributed by atoms with van der Waals surface area (Å²) in [5, 5.41) is 8.63. The molecule has 1 aromatic heterocycles. The number of hydrogen-bond donors (Lipinski definition) is 0. The molecule has 1 aromatic carbocycles. The Bertz CT molecular complexity index is 625. The van der Waals surface area contributed by atoms with E-state index >= 15 is 0 Å². The smallest absolute Gasteiger partial charge is 0.318 e. The molecule has 0 N–H and O–H groups in total. The van der Waals surface area contributed by atoms with Crippen LogP contribution in [0.2, 0.25) is 0 Å². The van der Waals surface area contributed by atoms with Crippen LogP contribution >= 0.6 is 11.8 Å². The number of carbonyl (C=O) groups excluding carboxylic acids is 1. The van der Waals surface area contributed by atoms with Crippen LogP contribution in [0.4, 0.5) is 0 Å². The minimum Gasteiger partial charge on any atom is -0.468 e. The Morgan fingerprint density at radius 1 is 1.30 bits per heavy atom. The summed E-state index contributed by atoms with van der Waals surface area (Å²) in [4.78, 5) is 11.5. The van der Waals surface area contributed by atoms with Gasteiger partial charge in [0.2, 0.25) is 0 Å². The van der Waals surface area contributed by atoms with E-state index in [0.717, 1.165) is 17.1 Å². The third-order valence-electron chi connectivity index (χ3n) is 2.97. The summed E-state index contributed by atoms with van der Waals surface area (Å²) >= 11 is 1.34. The van der Waals surface area contributed by atoms with E-state index in [9.17, 15) is 4.79 Å². The van der Waals surface area contributed by atoms with Crippen LogP contribution in [0.1, 0.15) is 18.3 Å². The third kappa shape index (κ3) is 2.85. The van der Waals surface area contributed by atoms with Gasteiger partial charge in [0.15, 0.2) is 5.16 Å². The third-order valence-corrected chi connectivity index (χ3v) is 3.99. The van der Waals surface area contributed by atoms with Gasteiger partial charge >= 0.3 is 5.97 Å². The second kappa shape index (κ2) is 6.09. The van der Waals surface area contributed by atoms with Crippen molar-refractivity contribution in [1.29, 1.82) is 0 Å². The zero-order valence-electron chi connectivity index (χ0n) is 12.0. The highest BCUT2D eigenvalue weighted by molar-refractivity contribution is 8.00. The predicted molar refractivity (Wildman–Crippen MR) is 78.2 cm³/mol. The summed E-state index contributed by atoms with van der Waals surface area (Å²) < 4.78 is 6.70. The minimum atomic E-state index is -0.327. The molecular weight excluding hydrogens is 274 g/mol. The molecule has 0 radical (unpaired) electrons. The normalized spacial score (nSPS) is 12.2. The topological polar surface area (TPSA) is 57.0 Å². The van der Waals surface area contributed by atoms with Crippen molar-refractivity contribution in [3.05, 3.63) is 35.7 Å². The number of aromatic nitrogens is 3. The van der Waals surface area contributed by atoms with Crippen LogP contribution < -0.4 is 0 Å². The van der Waals surface area contributed by atoms with Gasteiger partial charge < -0.3 is 4.74 Å². The van der Waals surface area contributed by atoms with Gasteiger partial charge in [-0.2, -0.15) is 0 Å². The summed E-state index contributed by atoms with van der Waals surface area (Å²) in [6.45, 7) is 5.72. The van der Waals surface area contributed by atoms with Gasteiger partial charge in [0.1, 0.15) is 11.1 Å². The van der Waals surface area contributed by atoms with Crippen LogP contribution in [0.15, 0.2) is 29.4 Å². The van der Waals surface area contributed by atoms with E-state index in [0.29, 0.717) is 5.16 Å². The molecule has 106 valence electrons. The van der Waals surface area contributed by atoms with Crippen molar-refractivity contribution in [3.63, 3.8) is 0 Å². The van der Waals surface area contributed by atoms with E-state index in [2.05, 4.69) is 10.2 Å². The first-order chi connectivity index (χ1) is 9.54. The molecule has 2 rings (SSSR count). The molecule has 0 aliphatic heterocycles. The standard InChI is InChI=1S/C14H17N3O2S/c1-9-7-5-6-8-12(9)17-11(3)15-16-14(17)20-10(2)13(18)19-4/h5-8,10H,1-4H3/t10-/m0/s1. The zero-order valence-corrected chi connectivity index (χ0v) is 12.8.